The lowest BCUT2D eigenvalue weighted by atomic mass is 10.00. The molecule has 2 atom stereocenters. The first-order valence-corrected chi connectivity index (χ1v) is 8.54. The molecule has 2 heterocycles. The van der Waals surface area contributed by atoms with Crippen LogP contribution in [0.2, 0.25) is 0 Å². The normalized spacial score (nSPS) is 20.0. The molecule has 7 nitrogen and oxygen atoms in total. The van der Waals surface area contributed by atoms with Gasteiger partial charge in [-0.3, -0.25) is 10.1 Å². The molecular weight excluding hydrogens is 348 g/mol. The summed E-state index contributed by atoms with van der Waals surface area (Å²) in [5.74, 6) is 0.862. The molecule has 2 aliphatic heterocycles. The molecule has 7 heteroatoms. The predicted molar refractivity (Wildman–Crippen MR) is 96.0 cm³/mol. The van der Waals surface area contributed by atoms with E-state index in [1.54, 1.807) is 24.3 Å². The first kappa shape index (κ1) is 17.1. The molecule has 1 saturated heterocycles. The van der Waals surface area contributed by atoms with E-state index in [2.05, 4.69) is 10.6 Å². The standard InChI is InChI=1S/C20H18N2O5/c23-17(16-19(24)22-20(25)21-16)13-6-8-14(9-7-13)18-15(26-11-27-18)10-12-4-2-1-3-5-12/h1-9,16-17,23H,10-11H2,(H2,21,22,24,25). The highest BCUT2D eigenvalue weighted by Gasteiger charge is 2.36. The van der Waals surface area contributed by atoms with Crippen molar-refractivity contribution in [1.82, 2.24) is 10.6 Å². The number of carbonyl (C=O) groups excluding carboxylic acids is 2. The highest BCUT2D eigenvalue weighted by molar-refractivity contribution is 6.04. The van der Waals surface area contributed by atoms with Gasteiger partial charge >= 0.3 is 6.03 Å². The molecule has 0 aliphatic carbocycles. The van der Waals surface area contributed by atoms with Crippen molar-refractivity contribution in [2.45, 2.75) is 18.6 Å². The molecule has 0 aromatic heterocycles. The van der Waals surface area contributed by atoms with Gasteiger partial charge in [-0.05, 0) is 11.1 Å². The molecule has 138 valence electrons. The summed E-state index contributed by atoms with van der Waals surface area (Å²) in [5, 5.41) is 14.9. The maximum absolute atomic E-state index is 11.7. The van der Waals surface area contributed by atoms with Crippen LogP contribution >= 0.6 is 0 Å². The van der Waals surface area contributed by atoms with Gasteiger partial charge in [-0.25, -0.2) is 4.79 Å². The summed E-state index contributed by atoms with van der Waals surface area (Å²) in [6, 6.07) is 15.3. The van der Waals surface area contributed by atoms with Crippen molar-refractivity contribution in [2.24, 2.45) is 0 Å². The molecule has 0 radical (unpaired) electrons. The van der Waals surface area contributed by atoms with Gasteiger partial charge in [0.15, 0.2) is 5.76 Å². The zero-order chi connectivity index (χ0) is 18.8. The number of carbonyl (C=O) groups is 2. The number of hydrogen-bond donors (Lipinski definition) is 3. The lowest BCUT2D eigenvalue weighted by Crippen LogP contribution is -2.35. The van der Waals surface area contributed by atoms with Gasteiger partial charge in [-0.15, -0.1) is 0 Å². The Morgan fingerprint density at radius 1 is 1.04 bits per heavy atom. The highest BCUT2D eigenvalue weighted by atomic mass is 16.7. The van der Waals surface area contributed by atoms with Crippen LogP contribution < -0.4 is 10.6 Å². The van der Waals surface area contributed by atoms with E-state index in [1.807, 2.05) is 30.3 Å². The Morgan fingerprint density at radius 3 is 2.44 bits per heavy atom. The summed E-state index contributed by atoms with van der Waals surface area (Å²) in [7, 11) is 0. The van der Waals surface area contributed by atoms with Gasteiger partial charge < -0.3 is 19.9 Å². The van der Waals surface area contributed by atoms with Crippen molar-refractivity contribution in [3.8, 4) is 0 Å². The Hall–Kier alpha value is -3.32. The van der Waals surface area contributed by atoms with E-state index in [0.29, 0.717) is 17.7 Å². The van der Waals surface area contributed by atoms with Crippen LogP contribution in [0.3, 0.4) is 0 Å². The molecule has 0 spiro atoms. The predicted octanol–water partition coefficient (Wildman–Crippen LogP) is 1.84. The van der Waals surface area contributed by atoms with E-state index in [-0.39, 0.29) is 6.79 Å². The number of hydrogen-bond acceptors (Lipinski definition) is 5. The SMILES string of the molecule is O=C1NC(=O)C(C(O)c2ccc(C3=C(Cc4ccccc4)OCO3)cc2)N1. The number of allylic oxidation sites excluding steroid dienone is 1. The summed E-state index contributed by atoms with van der Waals surface area (Å²) in [4.78, 5) is 22.9. The molecule has 3 amide bonds. The second kappa shape index (κ2) is 7.13. The van der Waals surface area contributed by atoms with Gasteiger partial charge in [-0.2, -0.15) is 0 Å². The van der Waals surface area contributed by atoms with E-state index < -0.39 is 24.1 Å². The van der Waals surface area contributed by atoms with Crippen LogP contribution in [0.1, 0.15) is 22.8 Å². The van der Waals surface area contributed by atoms with Crippen molar-refractivity contribution >= 4 is 17.7 Å². The maximum Gasteiger partial charge on any atom is 0.322 e. The minimum Gasteiger partial charge on any atom is -0.458 e. The highest BCUT2D eigenvalue weighted by Crippen LogP contribution is 2.30. The average molecular weight is 366 g/mol. The van der Waals surface area contributed by atoms with E-state index in [0.717, 1.165) is 16.9 Å². The first-order valence-electron chi connectivity index (χ1n) is 8.54. The largest absolute Gasteiger partial charge is 0.458 e. The third-order valence-electron chi connectivity index (χ3n) is 4.53. The zero-order valence-electron chi connectivity index (χ0n) is 14.3. The van der Waals surface area contributed by atoms with Crippen LogP contribution in [0, 0.1) is 0 Å². The molecule has 2 aromatic carbocycles. The second-order valence-electron chi connectivity index (χ2n) is 6.33. The molecule has 0 saturated carbocycles. The Morgan fingerprint density at radius 2 is 1.78 bits per heavy atom. The maximum atomic E-state index is 11.7. The summed E-state index contributed by atoms with van der Waals surface area (Å²) in [5.41, 5.74) is 2.45. The number of imide groups is 1. The van der Waals surface area contributed by atoms with Crippen LogP contribution in [0.4, 0.5) is 4.79 Å². The van der Waals surface area contributed by atoms with Crippen LogP contribution in [0.25, 0.3) is 5.76 Å². The fourth-order valence-corrected chi connectivity index (χ4v) is 3.14. The molecule has 2 unspecified atom stereocenters. The molecule has 3 N–H and O–H groups in total. The topological polar surface area (TPSA) is 96.9 Å². The summed E-state index contributed by atoms with van der Waals surface area (Å²) < 4.78 is 11.2. The zero-order valence-corrected chi connectivity index (χ0v) is 14.3. The van der Waals surface area contributed by atoms with E-state index in [1.165, 1.54) is 0 Å². The Balaban J connectivity index is 1.53. The Labute approximate surface area is 155 Å². The molecule has 2 aliphatic rings. The van der Waals surface area contributed by atoms with Crippen LogP contribution in [-0.2, 0) is 20.7 Å². The summed E-state index contributed by atoms with van der Waals surface area (Å²) >= 11 is 0. The number of aliphatic hydroxyl groups excluding tert-OH is 1. The third-order valence-corrected chi connectivity index (χ3v) is 4.53. The van der Waals surface area contributed by atoms with E-state index in [4.69, 9.17) is 9.47 Å². The minimum absolute atomic E-state index is 0.163. The fraction of sp³-hybridized carbons (Fsp3) is 0.200. The average Bonchev–Trinajstić information content (AvgIpc) is 3.28. The number of benzene rings is 2. The van der Waals surface area contributed by atoms with Gasteiger partial charge in [0.2, 0.25) is 6.79 Å². The molecule has 2 aromatic rings. The smallest absolute Gasteiger partial charge is 0.322 e. The summed E-state index contributed by atoms with van der Waals surface area (Å²) in [6.45, 7) is 0.163. The van der Waals surface area contributed by atoms with Crippen molar-refractivity contribution in [3.05, 3.63) is 77.0 Å². The third kappa shape index (κ3) is 3.50. The quantitative estimate of drug-likeness (QED) is 0.702. The monoisotopic (exact) mass is 366 g/mol. The Kier molecular flexibility index (Phi) is 4.52. The van der Waals surface area contributed by atoms with Crippen molar-refractivity contribution in [2.75, 3.05) is 6.79 Å². The number of rotatable bonds is 5. The van der Waals surface area contributed by atoms with Crippen LogP contribution in [-0.4, -0.2) is 29.9 Å². The van der Waals surface area contributed by atoms with Gasteiger partial charge in [-0.1, -0.05) is 54.6 Å². The summed E-state index contributed by atoms with van der Waals surface area (Å²) in [6.07, 6.45) is -0.515. The number of ether oxygens (including phenoxy) is 2. The molecular formula is C20H18N2O5. The van der Waals surface area contributed by atoms with Crippen LogP contribution in [0.15, 0.2) is 60.4 Å². The van der Waals surface area contributed by atoms with Gasteiger partial charge in [0.25, 0.3) is 5.91 Å². The van der Waals surface area contributed by atoms with Crippen molar-refractivity contribution < 1.29 is 24.2 Å². The molecule has 0 bridgehead atoms. The van der Waals surface area contributed by atoms with E-state index >= 15 is 0 Å². The van der Waals surface area contributed by atoms with Crippen molar-refractivity contribution in [3.63, 3.8) is 0 Å². The lowest BCUT2D eigenvalue weighted by molar-refractivity contribution is -0.122. The van der Waals surface area contributed by atoms with Gasteiger partial charge in [0, 0.05) is 12.0 Å². The van der Waals surface area contributed by atoms with Crippen molar-refractivity contribution in [1.29, 1.82) is 0 Å². The van der Waals surface area contributed by atoms with E-state index in [9.17, 15) is 14.7 Å². The molecule has 4 rings (SSSR count). The van der Waals surface area contributed by atoms with Gasteiger partial charge in [0.1, 0.15) is 17.9 Å². The lowest BCUT2D eigenvalue weighted by Gasteiger charge is -2.16. The number of amides is 3. The first-order chi connectivity index (χ1) is 13.1. The molecule has 1 fully saturated rings. The molecule has 27 heavy (non-hydrogen) atoms. The van der Waals surface area contributed by atoms with Crippen LogP contribution in [0.5, 0.6) is 0 Å². The second-order valence-corrected chi connectivity index (χ2v) is 6.33. The van der Waals surface area contributed by atoms with Gasteiger partial charge in [0.05, 0.1) is 0 Å². The Bertz CT molecular complexity index is 892. The number of aliphatic hydroxyl groups is 1. The number of nitrogens with one attached hydrogen (secondary N) is 2. The minimum atomic E-state index is -1.14. The number of urea groups is 1. The fourth-order valence-electron chi connectivity index (χ4n) is 3.14.